The number of carbonyl (C=O) groups excluding carboxylic acids is 1. The van der Waals surface area contributed by atoms with Crippen molar-refractivity contribution in [2.24, 2.45) is 0 Å². The molecular weight excluding hydrogens is 389 g/mol. The predicted octanol–water partition coefficient (Wildman–Crippen LogP) is 4.58. The molecule has 0 fully saturated rings. The molecule has 0 spiro atoms. The van der Waals surface area contributed by atoms with E-state index in [4.69, 9.17) is 9.47 Å². The fourth-order valence-electron chi connectivity index (χ4n) is 2.21. The van der Waals surface area contributed by atoms with Gasteiger partial charge in [0.15, 0.2) is 0 Å². The van der Waals surface area contributed by atoms with E-state index in [1.165, 1.54) is 25.3 Å². The Balaban J connectivity index is 2.33. The maximum Gasteiger partial charge on any atom is 0.416 e. The maximum absolute atomic E-state index is 13.0. The van der Waals surface area contributed by atoms with Crippen molar-refractivity contribution in [2.45, 2.75) is 12.8 Å². The lowest BCUT2D eigenvalue weighted by molar-refractivity contribution is -0.137. The van der Waals surface area contributed by atoms with Crippen LogP contribution in [-0.4, -0.2) is 32.8 Å². The van der Waals surface area contributed by atoms with Crippen LogP contribution in [0.2, 0.25) is 0 Å². The summed E-state index contributed by atoms with van der Waals surface area (Å²) in [6, 6.07) is 7.65. The van der Waals surface area contributed by atoms with Crippen LogP contribution in [0.5, 0.6) is 11.5 Å². The summed E-state index contributed by atoms with van der Waals surface area (Å²) in [4.78, 5) is 12.5. The van der Waals surface area contributed by atoms with Crippen LogP contribution >= 0.6 is 0 Å². The number of nitrogens with one attached hydrogen (secondary N) is 1. The normalized spacial score (nSPS) is 11.4. The molecule has 0 aromatic heterocycles. The second-order valence-corrected chi connectivity index (χ2v) is 5.38. The quantitative estimate of drug-likeness (QED) is 0.516. The highest BCUT2D eigenvalue weighted by Crippen LogP contribution is 2.35. The summed E-state index contributed by atoms with van der Waals surface area (Å²) >= 11 is 0. The monoisotopic (exact) mass is 405 g/mol. The number of rotatable bonds is 8. The Morgan fingerprint density at radius 2 is 1.79 bits per heavy atom. The van der Waals surface area contributed by atoms with Crippen molar-refractivity contribution in [1.82, 2.24) is 0 Å². The predicted molar refractivity (Wildman–Crippen MR) is 89.8 cm³/mol. The van der Waals surface area contributed by atoms with Crippen molar-refractivity contribution in [3.05, 3.63) is 53.6 Å². The summed E-state index contributed by atoms with van der Waals surface area (Å²) in [6.45, 7) is -2.98. The Bertz CT molecular complexity index is 811. The van der Waals surface area contributed by atoms with Gasteiger partial charge in [0.05, 0.1) is 23.4 Å². The van der Waals surface area contributed by atoms with Crippen LogP contribution in [0.1, 0.15) is 15.9 Å². The minimum absolute atomic E-state index is 0.0236. The molecule has 152 valence electrons. The topological polar surface area (TPSA) is 56.8 Å². The average molecular weight is 405 g/mol. The SMILES string of the molecule is COCCOc1ccc(C(F)(F)F)cc1NC(=O)c1ccccc1OC(F)F. The van der Waals surface area contributed by atoms with Crippen LogP contribution in [0.25, 0.3) is 0 Å². The van der Waals surface area contributed by atoms with Crippen LogP contribution in [0.15, 0.2) is 42.5 Å². The molecule has 0 bridgehead atoms. The van der Waals surface area contributed by atoms with E-state index in [-0.39, 0.29) is 30.2 Å². The number of hydrogen-bond donors (Lipinski definition) is 1. The molecule has 0 saturated heterocycles. The van der Waals surface area contributed by atoms with Gasteiger partial charge in [0.2, 0.25) is 0 Å². The third-order valence-corrected chi connectivity index (χ3v) is 3.45. The lowest BCUT2D eigenvalue weighted by Gasteiger charge is -2.16. The molecule has 1 N–H and O–H groups in total. The van der Waals surface area contributed by atoms with Crippen molar-refractivity contribution in [1.29, 1.82) is 0 Å². The third-order valence-electron chi connectivity index (χ3n) is 3.45. The van der Waals surface area contributed by atoms with Gasteiger partial charge < -0.3 is 19.5 Å². The summed E-state index contributed by atoms with van der Waals surface area (Å²) in [5, 5.41) is 2.25. The van der Waals surface area contributed by atoms with Crippen molar-refractivity contribution >= 4 is 11.6 Å². The number of benzene rings is 2. The molecule has 0 radical (unpaired) electrons. The Labute approximate surface area is 157 Å². The van der Waals surface area contributed by atoms with E-state index in [0.717, 1.165) is 18.2 Å². The number of halogens is 5. The van der Waals surface area contributed by atoms with Crippen molar-refractivity contribution in [3.63, 3.8) is 0 Å². The first-order valence-corrected chi connectivity index (χ1v) is 7.90. The van der Waals surface area contributed by atoms with Crippen LogP contribution in [0.3, 0.4) is 0 Å². The summed E-state index contributed by atoms with van der Waals surface area (Å²) in [6.07, 6.45) is -4.65. The summed E-state index contributed by atoms with van der Waals surface area (Å²) in [7, 11) is 1.42. The summed E-state index contributed by atoms with van der Waals surface area (Å²) in [5.74, 6) is -1.39. The van der Waals surface area contributed by atoms with Gasteiger partial charge in [-0.15, -0.1) is 0 Å². The molecule has 0 aliphatic heterocycles. The van der Waals surface area contributed by atoms with E-state index < -0.39 is 30.0 Å². The molecule has 2 aromatic carbocycles. The second-order valence-electron chi connectivity index (χ2n) is 5.38. The molecule has 28 heavy (non-hydrogen) atoms. The number of methoxy groups -OCH3 is 1. The molecule has 0 unspecified atom stereocenters. The Hall–Kier alpha value is -2.88. The van der Waals surface area contributed by atoms with Gasteiger partial charge in [-0.05, 0) is 30.3 Å². The zero-order chi connectivity index (χ0) is 20.7. The lowest BCUT2D eigenvalue weighted by atomic mass is 10.1. The molecule has 0 heterocycles. The maximum atomic E-state index is 13.0. The molecule has 0 aliphatic rings. The summed E-state index contributed by atoms with van der Waals surface area (Å²) < 4.78 is 78.4. The molecule has 2 aromatic rings. The molecule has 0 atom stereocenters. The van der Waals surface area contributed by atoms with Crippen molar-refractivity contribution < 1.29 is 41.0 Å². The van der Waals surface area contributed by atoms with Gasteiger partial charge >= 0.3 is 12.8 Å². The molecule has 0 aliphatic carbocycles. The number of amides is 1. The molecular formula is C18H16F5NO4. The summed E-state index contributed by atoms with van der Waals surface area (Å²) in [5.41, 5.74) is -1.56. The zero-order valence-corrected chi connectivity index (χ0v) is 14.6. The molecule has 5 nitrogen and oxygen atoms in total. The highest BCUT2D eigenvalue weighted by Gasteiger charge is 2.31. The number of anilines is 1. The Kier molecular flexibility index (Phi) is 7.16. The van der Waals surface area contributed by atoms with Crippen LogP contribution in [-0.2, 0) is 10.9 Å². The van der Waals surface area contributed by atoms with Gasteiger partial charge in [-0.2, -0.15) is 22.0 Å². The van der Waals surface area contributed by atoms with Crippen molar-refractivity contribution in [2.75, 3.05) is 25.6 Å². The van der Waals surface area contributed by atoms with Crippen LogP contribution < -0.4 is 14.8 Å². The van der Waals surface area contributed by atoms with Crippen molar-refractivity contribution in [3.8, 4) is 11.5 Å². The molecule has 0 saturated carbocycles. The average Bonchev–Trinajstić information content (AvgIpc) is 2.62. The molecule has 2 rings (SSSR count). The minimum atomic E-state index is -4.65. The standard InChI is InChI=1S/C18H16F5NO4/c1-26-8-9-27-15-7-6-11(18(21,22)23)10-13(15)24-16(25)12-4-2-3-5-14(12)28-17(19)20/h2-7,10,17H,8-9H2,1H3,(H,24,25). The minimum Gasteiger partial charge on any atom is -0.489 e. The van der Waals surface area contributed by atoms with E-state index in [1.807, 2.05) is 0 Å². The first-order valence-electron chi connectivity index (χ1n) is 7.90. The Morgan fingerprint density at radius 3 is 2.43 bits per heavy atom. The van der Waals surface area contributed by atoms with E-state index in [2.05, 4.69) is 10.1 Å². The molecule has 10 heteroatoms. The Morgan fingerprint density at radius 1 is 1.07 bits per heavy atom. The fourth-order valence-corrected chi connectivity index (χ4v) is 2.21. The third kappa shape index (κ3) is 5.81. The number of para-hydroxylation sites is 1. The highest BCUT2D eigenvalue weighted by molar-refractivity contribution is 6.06. The van der Waals surface area contributed by atoms with Gasteiger partial charge in [-0.25, -0.2) is 0 Å². The van der Waals surface area contributed by atoms with Gasteiger partial charge in [0.25, 0.3) is 5.91 Å². The smallest absolute Gasteiger partial charge is 0.416 e. The van der Waals surface area contributed by atoms with Crippen LogP contribution in [0, 0.1) is 0 Å². The number of hydrogen-bond acceptors (Lipinski definition) is 4. The van der Waals surface area contributed by atoms with Gasteiger partial charge in [0, 0.05) is 7.11 Å². The zero-order valence-electron chi connectivity index (χ0n) is 14.6. The van der Waals surface area contributed by atoms with Gasteiger partial charge in [-0.3, -0.25) is 4.79 Å². The van der Waals surface area contributed by atoms with Crippen LogP contribution in [0.4, 0.5) is 27.6 Å². The number of carbonyl (C=O) groups is 1. The first kappa shape index (κ1) is 21.4. The fraction of sp³-hybridized carbons (Fsp3) is 0.278. The van der Waals surface area contributed by atoms with E-state index in [9.17, 15) is 26.7 Å². The van der Waals surface area contributed by atoms with Gasteiger partial charge in [0.1, 0.15) is 18.1 Å². The number of ether oxygens (including phenoxy) is 3. The van der Waals surface area contributed by atoms with E-state index in [1.54, 1.807) is 0 Å². The molecule has 1 amide bonds. The van der Waals surface area contributed by atoms with Gasteiger partial charge in [-0.1, -0.05) is 12.1 Å². The lowest BCUT2D eigenvalue weighted by Crippen LogP contribution is -2.17. The highest BCUT2D eigenvalue weighted by atomic mass is 19.4. The first-order chi connectivity index (χ1) is 13.2. The number of alkyl halides is 5. The van der Waals surface area contributed by atoms with E-state index in [0.29, 0.717) is 6.07 Å². The second kappa shape index (κ2) is 9.36. The van der Waals surface area contributed by atoms with E-state index >= 15 is 0 Å². The largest absolute Gasteiger partial charge is 0.489 e.